The smallest absolute Gasteiger partial charge is 0.341 e. The molecule has 4 heteroatoms. The summed E-state index contributed by atoms with van der Waals surface area (Å²) in [6.07, 6.45) is 23.6. The van der Waals surface area contributed by atoms with Crippen LogP contribution in [0.4, 0.5) is 0 Å². The molecule has 0 amide bonds. The number of para-hydroxylation sites is 1. The normalized spacial score (nSPS) is 11.2. The number of hydrogen-bond donors (Lipinski definition) is 0. The lowest BCUT2D eigenvalue weighted by Gasteiger charge is -2.21. The predicted molar refractivity (Wildman–Crippen MR) is 159 cm³/mol. The van der Waals surface area contributed by atoms with Crippen LogP contribution in [0.1, 0.15) is 147 Å². The van der Waals surface area contributed by atoms with Crippen LogP contribution >= 0.6 is 0 Å². The summed E-state index contributed by atoms with van der Waals surface area (Å²) >= 11 is 0. The average Bonchev–Trinajstić information content (AvgIpc) is 2.92. The molecule has 0 bridgehead atoms. The molecule has 0 atom stereocenters. The highest BCUT2D eigenvalue weighted by molar-refractivity contribution is 5.92. The molecular formula is C33H59NO3. The number of esters is 1. The first-order chi connectivity index (χ1) is 18.2. The molecule has 214 valence electrons. The van der Waals surface area contributed by atoms with Gasteiger partial charge in [0.05, 0.1) is 6.61 Å². The number of hydrogen-bond acceptors (Lipinski definition) is 4. The van der Waals surface area contributed by atoms with Crippen molar-refractivity contribution in [3.8, 4) is 5.75 Å². The van der Waals surface area contributed by atoms with Gasteiger partial charge in [-0.05, 0) is 44.5 Å². The minimum absolute atomic E-state index is 0.275. The third-order valence-electron chi connectivity index (χ3n) is 7.16. The summed E-state index contributed by atoms with van der Waals surface area (Å²) in [6.45, 7) is 10.8. The molecule has 0 aromatic heterocycles. The summed E-state index contributed by atoms with van der Waals surface area (Å²) in [6, 6.07) is 7.50. The summed E-state index contributed by atoms with van der Waals surface area (Å²) in [7, 11) is 0. The maximum atomic E-state index is 12.7. The van der Waals surface area contributed by atoms with Crippen LogP contribution < -0.4 is 4.74 Å². The van der Waals surface area contributed by atoms with Crippen LogP contribution in [0, 0.1) is 0 Å². The number of carbonyl (C=O) groups is 1. The molecule has 0 heterocycles. The highest BCUT2D eigenvalue weighted by atomic mass is 16.5. The van der Waals surface area contributed by atoms with E-state index in [2.05, 4.69) is 25.7 Å². The van der Waals surface area contributed by atoms with Crippen LogP contribution in [0.3, 0.4) is 0 Å². The van der Waals surface area contributed by atoms with E-state index in [1.165, 1.54) is 109 Å². The highest BCUT2D eigenvalue weighted by Gasteiger charge is 2.14. The van der Waals surface area contributed by atoms with Gasteiger partial charge in [-0.15, -0.1) is 0 Å². The van der Waals surface area contributed by atoms with Gasteiger partial charge in [-0.2, -0.15) is 0 Å². The zero-order valence-corrected chi connectivity index (χ0v) is 24.7. The van der Waals surface area contributed by atoms with Gasteiger partial charge in [0, 0.05) is 6.54 Å². The first-order valence-corrected chi connectivity index (χ1v) is 15.8. The molecule has 37 heavy (non-hydrogen) atoms. The molecule has 0 N–H and O–H groups in total. The number of unbranched alkanes of at least 4 members (excludes halogenated alkanes) is 15. The molecule has 0 radical (unpaired) electrons. The topological polar surface area (TPSA) is 38.8 Å². The van der Waals surface area contributed by atoms with Crippen LogP contribution in [-0.2, 0) is 4.74 Å². The van der Waals surface area contributed by atoms with Crippen molar-refractivity contribution < 1.29 is 14.3 Å². The summed E-state index contributed by atoms with van der Waals surface area (Å²) in [5, 5.41) is 0. The van der Waals surface area contributed by atoms with Crippen molar-refractivity contribution in [2.24, 2.45) is 0 Å². The maximum Gasteiger partial charge on any atom is 0.341 e. The van der Waals surface area contributed by atoms with Gasteiger partial charge in [0.15, 0.2) is 0 Å². The van der Waals surface area contributed by atoms with Crippen LogP contribution in [0.5, 0.6) is 5.75 Å². The van der Waals surface area contributed by atoms with Gasteiger partial charge in [0.25, 0.3) is 0 Å². The fourth-order valence-electron chi connectivity index (χ4n) is 4.68. The lowest BCUT2D eigenvalue weighted by atomic mass is 10.0. The van der Waals surface area contributed by atoms with Crippen molar-refractivity contribution in [1.82, 2.24) is 4.90 Å². The number of nitrogens with zero attached hydrogens (tertiary/aromatic N) is 1. The predicted octanol–water partition coefficient (Wildman–Crippen LogP) is 9.61. The Hall–Kier alpha value is -1.55. The molecule has 0 aliphatic rings. The Morgan fingerprint density at radius 3 is 1.62 bits per heavy atom. The summed E-state index contributed by atoms with van der Waals surface area (Å²) < 4.78 is 11.6. The molecule has 0 spiro atoms. The van der Waals surface area contributed by atoms with Gasteiger partial charge in [-0.1, -0.05) is 129 Å². The van der Waals surface area contributed by atoms with Crippen LogP contribution in [0.15, 0.2) is 24.3 Å². The van der Waals surface area contributed by atoms with E-state index >= 15 is 0 Å². The van der Waals surface area contributed by atoms with Crippen molar-refractivity contribution in [2.45, 2.75) is 136 Å². The lowest BCUT2D eigenvalue weighted by molar-refractivity contribution is 0.0455. The number of ether oxygens (including phenoxy) is 2. The molecule has 0 saturated carbocycles. The standard InChI is InChI=1S/C33H59NO3/c1-4-7-10-11-12-13-14-15-16-17-18-19-20-23-29-36-32-25-22-21-24-31(32)33(35)37-30-28-34(26-8-5-2)27-9-6-3/h21-22,24-25H,4-20,23,26-30H2,1-3H3. The Kier molecular flexibility index (Phi) is 22.4. The molecule has 1 aromatic rings. The van der Waals surface area contributed by atoms with E-state index in [4.69, 9.17) is 9.47 Å². The monoisotopic (exact) mass is 517 g/mol. The largest absolute Gasteiger partial charge is 0.493 e. The minimum atomic E-state index is -0.275. The SMILES string of the molecule is CCCCCCCCCCCCCCCCOc1ccccc1C(=O)OCCN(CCCC)CCCC. The molecule has 0 fully saturated rings. The zero-order chi connectivity index (χ0) is 26.8. The van der Waals surface area contributed by atoms with E-state index in [1.807, 2.05) is 24.3 Å². The Morgan fingerprint density at radius 2 is 1.08 bits per heavy atom. The first-order valence-electron chi connectivity index (χ1n) is 15.8. The van der Waals surface area contributed by atoms with Gasteiger partial charge < -0.3 is 9.47 Å². The van der Waals surface area contributed by atoms with Gasteiger partial charge >= 0.3 is 5.97 Å². The second-order valence-corrected chi connectivity index (χ2v) is 10.6. The fourth-order valence-corrected chi connectivity index (χ4v) is 4.68. The van der Waals surface area contributed by atoms with Gasteiger partial charge in [0.1, 0.15) is 17.9 Å². The summed E-state index contributed by atoms with van der Waals surface area (Å²) in [4.78, 5) is 15.1. The molecule has 0 aliphatic carbocycles. The van der Waals surface area contributed by atoms with E-state index in [-0.39, 0.29) is 5.97 Å². The van der Waals surface area contributed by atoms with Crippen molar-refractivity contribution >= 4 is 5.97 Å². The molecule has 4 nitrogen and oxygen atoms in total. The molecule has 1 rings (SSSR count). The van der Waals surface area contributed by atoms with E-state index in [0.29, 0.717) is 24.5 Å². The van der Waals surface area contributed by atoms with Gasteiger partial charge in [-0.3, -0.25) is 4.90 Å². The Labute approximate surface area is 229 Å². The van der Waals surface area contributed by atoms with Crippen molar-refractivity contribution in [2.75, 3.05) is 32.8 Å². The molecular weight excluding hydrogens is 458 g/mol. The number of rotatable bonds is 26. The molecule has 0 aliphatic heterocycles. The summed E-state index contributed by atoms with van der Waals surface area (Å²) in [5.74, 6) is 0.374. The van der Waals surface area contributed by atoms with E-state index in [0.717, 1.165) is 26.1 Å². The van der Waals surface area contributed by atoms with Crippen LogP contribution in [0.2, 0.25) is 0 Å². The maximum absolute atomic E-state index is 12.7. The Bertz CT molecular complexity index is 640. The van der Waals surface area contributed by atoms with Crippen molar-refractivity contribution in [3.05, 3.63) is 29.8 Å². The second-order valence-electron chi connectivity index (χ2n) is 10.6. The Morgan fingerprint density at radius 1 is 0.595 bits per heavy atom. The van der Waals surface area contributed by atoms with Crippen LogP contribution in [0.25, 0.3) is 0 Å². The molecule has 0 saturated heterocycles. The third-order valence-corrected chi connectivity index (χ3v) is 7.16. The van der Waals surface area contributed by atoms with Crippen molar-refractivity contribution in [3.63, 3.8) is 0 Å². The quantitative estimate of drug-likeness (QED) is 0.0905. The third kappa shape index (κ3) is 18.4. The first kappa shape index (κ1) is 33.5. The number of benzene rings is 1. The van der Waals surface area contributed by atoms with E-state index in [9.17, 15) is 4.79 Å². The minimum Gasteiger partial charge on any atom is -0.493 e. The van der Waals surface area contributed by atoms with E-state index < -0.39 is 0 Å². The molecule has 0 unspecified atom stereocenters. The second kappa shape index (κ2) is 24.8. The van der Waals surface area contributed by atoms with Gasteiger partial charge in [-0.25, -0.2) is 4.79 Å². The lowest BCUT2D eigenvalue weighted by Crippen LogP contribution is -2.30. The Balaban J connectivity index is 2.15. The van der Waals surface area contributed by atoms with Crippen LogP contribution in [-0.4, -0.2) is 43.7 Å². The number of carbonyl (C=O) groups excluding carboxylic acids is 1. The average molecular weight is 518 g/mol. The zero-order valence-electron chi connectivity index (χ0n) is 24.7. The van der Waals surface area contributed by atoms with E-state index in [1.54, 1.807) is 0 Å². The van der Waals surface area contributed by atoms with Gasteiger partial charge in [0.2, 0.25) is 0 Å². The summed E-state index contributed by atoms with van der Waals surface area (Å²) in [5.41, 5.74) is 0.543. The fraction of sp³-hybridized carbons (Fsp3) is 0.788. The van der Waals surface area contributed by atoms with Crippen molar-refractivity contribution in [1.29, 1.82) is 0 Å². The highest BCUT2D eigenvalue weighted by Crippen LogP contribution is 2.20. The molecule has 1 aromatic carbocycles.